The van der Waals surface area contributed by atoms with E-state index in [4.69, 9.17) is 0 Å². The zero-order chi connectivity index (χ0) is 20.5. The van der Waals surface area contributed by atoms with E-state index in [1.807, 2.05) is 24.4 Å². The molecule has 0 bridgehead atoms. The van der Waals surface area contributed by atoms with Gasteiger partial charge in [0.15, 0.2) is 0 Å². The maximum Gasteiger partial charge on any atom is 0.0981 e. The average Bonchev–Trinajstić information content (AvgIpc) is 2.95. The van der Waals surface area contributed by atoms with E-state index in [9.17, 15) is 4.21 Å². The summed E-state index contributed by atoms with van der Waals surface area (Å²) in [5, 5.41) is 0.258. The van der Waals surface area contributed by atoms with E-state index in [-0.39, 0.29) is 5.25 Å². The molecule has 4 heterocycles. The van der Waals surface area contributed by atoms with E-state index in [0.717, 1.165) is 49.2 Å². The van der Waals surface area contributed by atoms with E-state index in [1.54, 1.807) is 12.4 Å². The van der Waals surface area contributed by atoms with Crippen molar-refractivity contribution in [3.63, 3.8) is 0 Å². The first-order chi connectivity index (χ1) is 14.7. The number of nitrogens with zero attached hydrogens (tertiary/aromatic N) is 5. The van der Waals surface area contributed by atoms with Crippen molar-refractivity contribution in [3.05, 3.63) is 66.2 Å². The Kier molecular flexibility index (Phi) is 5.58. The number of likely N-dealkylation sites (tertiary alicyclic amines) is 1. The second-order valence-electron chi connectivity index (χ2n) is 8.31. The second kappa shape index (κ2) is 8.49. The SMILES string of the molecule is CC(c1ccc2nccnc2c1)N1CCC2CN(Cc3ccccn3)S(=O)C2CC1. The molecule has 5 rings (SSSR count). The number of hydrogen-bond acceptors (Lipinski definition) is 5. The van der Waals surface area contributed by atoms with Crippen LogP contribution in [-0.4, -0.2) is 53.3 Å². The lowest BCUT2D eigenvalue weighted by atomic mass is 10.0. The fourth-order valence-corrected chi connectivity index (χ4v) is 6.64. The summed E-state index contributed by atoms with van der Waals surface area (Å²) in [6.45, 7) is 5.86. The van der Waals surface area contributed by atoms with Crippen LogP contribution in [0.2, 0.25) is 0 Å². The molecule has 2 aliphatic rings. The Labute approximate surface area is 179 Å². The lowest BCUT2D eigenvalue weighted by Gasteiger charge is -2.28. The highest BCUT2D eigenvalue weighted by atomic mass is 32.2. The molecule has 30 heavy (non-hydrogen) atoms. The Balaban J connectivity index is 1.26. The summed E-state index contributed by atoms with van der Waals surface area (Å²) in [5.41, 5.74) is 4.15. The van der Waals surface area contributed by atoms with Gasteiger partial charge >= 0.3 is 0 Å². The first-order valence-corrected chi connectivity index (χ1v) is 11.9. The quantitative estimate of drug-likeness (QED) is 0.647. The highest BCUT2D eigenvalue weighted by Crippen LogP contribution is 2.35. The van der Waals surface area contributed by atoms with Gasteiger partial charge in [0.25, 0.3) is 0 Å². The van der Waals surface area contributed by atoms with Crippen molar-refractivity contribution in [2.45, 2.75) is 37.6 Å². The lowest BCUT2D eigenvalue weighted by Crippen LogP contribution is -2.30. The molecule has 1 aromatic carbocycles. The predicted octanol–water partition coefficient (Wildman–Crippen LogP) is 3.35. The number of rotatable bonds is 4. The zero-order valence-corrected chi connectivity index (χ0v) is 18.0. The Morgan fingerprint density at radius 1 is 1.03 bits per heavy atom. The van der Waals surface area contributed by atoms with Crippen LogP contribution in [0.4, 0.5) is 0 Å². The molecule has 4 unspecified atom stereocenters. The molecular formula is C23H27N5OS. The fourth-order valence-electron chi connectivity index (χ4n) is 4.80. The third-order valence-corrected chi connectivity index (χ3v) is 8.48. The van der Waals surface area contributed by atoms with Crippen LogP contribution in [0.5, 0.6) is 0 Å². The second-order valence-corrected chi connectivity index (χ2v) is 9.99. The summed E-state index contributed by atoms with van der Waals surface area (Å²) >= 11 is 0. The number of aromatic nitrogens is 3. The van der Waals surface area contributed by atoms with Gasteiger partial charge < -0.3 is 0 Å². The van der Waals surface area contributed by atoms with Gasteiger partial charge in [0.05, 0.1) is 39.5 Å². The highest BCUT2D eigenvalue weighted by Gasteiger charge is 2.41. The molecule has 6 nitrogen and oxygen atoms in total. The van der Waals surface area contributed by atoms with Gasteiger partial charge in [-0.3, -0.25) is 19.9 Å². The van der Waals surface area contributed by atoms with Crippen LogP contribution in [0.15, 0.2) is 55.0 Å². The van der Waals surface area contributed by atoms with E-state index in [1.165, 1.54) is 5.56 Å². The van der Waals surface area contributed by atoms with Crippen LogP contribution < -0.4 is 0 Å². The van der Waals surface area contributed by atoms with Crippen LogP contribution in [0.1, 0.15) is 37.1 Å². The minimum Gasteiger partial charge on any atom is -0.297 e. The van der Waals surface area contributed by atoms with E-state index >= 15 is 0 Å². The van der Waals surface area contributed by atoms with E-state index in [0.29, 0.717) is 18.5 Å². The van der Waals surface area contributed by atoms with Crippen LogP contribution >= 0.6 is 0 Å². The molecule has 2 aliphatic heterocycles. The van der Waals surface area contributed by atoms with Crippen molar-refractivity contribution in [1.29, 1.82) is 0 Å². The fraction of sp³-hybridized carbons (Fsp3) is 0.435. The molecule has 0 N–H and O–H groups in total. The Morgan fingerprint density at radius 3 is 2.70 bits per heavy atom. The van der Waals surface area contributed by atoms with Crippen molar-refractivity contribution < 1.29 is 4.21 Å². The average molecular weight is 422 g/mol. The maximum absolute atomic E-state index is 13.2. The third-order valence-electron chi connectivity index (χ3n) is 6.55. The molecule has 3 aromatic rings. The molecule has 0 spiro atoms. The molecule has 2 fully saturated rings. The summed E-state index contributed by atoms with van der Waals surface area (Å²) < 4.78 is 15.3. The first kappa shape index (κ1) is 19.7. The molecule has 0 radical (unpaired) electrons. The van der Waals surface area contributed by atoms with Crippen molar-refractivity contribution >= 4 is 22.0 Å². The molecule has 2 aromatic heterocycles. The lowest BCUT2D eigenvalue weighted by molar-refractivity contribution is 0.214. The van der Waals surface area contributed by atoms with Gasteiger partial charge in [-0.2, -0.15) is 0 Å². The predicted molar refractivity (Wildman–Crippen MR) is 119 cm³/mol. The minimum atomic E-state index is -0.932. The van der Waals surface area contributed by atoms with Gasteiger partial charge in [-0.25, -0.2) is 8.51 Å². The largest absolute Gasteiger partial charge is 0.297 e. The van der Waals surface area contributed by atoms with Crippen LogP contribution in [0.25, 0.3) is 11.0 Å². The summed E-state index contributed by atoms with van der Waals surface area (Å²) in [4.78, 5) is 15.8. The molecule has 7 heteroatoms. The standard InChI is InChI=1S/C23H27N5OS/c1-17(18-5-6-21-22(14-18)26-11-10-25-21)27-12-7-19-15-28(30(29)23(19)8-13-27)16-20-4-2-3-9-24-20/h2-6,9-11,14,17,19,23H,7-8,12-13,15-16H2,1H3. The molecule has 2 saturated heterocycles. The molecule has 4 atom stereocenters. The minimum absolute atomic E-state index is 0.258. The molecule has 0 amide bonds. The number of benzene rings is 1. The van der Waals surface area contributed by atoms with Gasteiger partial charge in [-0.1, -0.05) is 12.1 Å². The highest BCUT2D eigenvalue weighted by molar-refractivity contribution is 7.83. The number of fused-ring (bicyclic) bond motifs is 2. The van der Waals surface area contributed by atoms with Crippen molar-refractivity contribution in [2.75, 3.05) is 19.6 Å². The van der Waals surface area contributed by atoms with E-state index in [2.05, 4.69) is 49.3 Å². The molecule has 156 valence electrons. The molecule has 0 aliphatic carbocycles. The monoisotopic (exact) mass is 421 g/mol. The zero-order valence-electron chi connectivity index (χ0n) is 17.2. The normalized spacial score (nSPS) is 26.4. The topological polar surface area (TPSA) is 62.2 Å². The van der Waals surface area contributed by atoms with Crippen molar-refractivity contribution in [3.8, 4) is 0 Å². The van der Waals surface area contributed by atoms with Crippen LogP contribution in [0, 0.1) is 5.92 Å². The number of hydrogen-bond donors (Lipinski definition) is 0. The van der Waals surface area contributed by atoms with Crippen LogP contribution in [0.3, 0.4) is 0 Å². The third kappa shape index (κ3) is 3.89. The summed E-state index contributed by atoms with van der Waals surface area (Å²) in [6.07, 6.45) is 7.36. The molecule has 0 saturated carbocycles. The van der Waals surface area contributed by atoms with Gasteiger partial charge in [0, 0.05) is 31.2 Å². The number of pyridine rings is 1. The maximum atomic E-state index is 13.2. The van der Waals surface area contributed by atoms with Crippen LogP contribution in [-0.2, 0) is 17.5 Å². The summed E-state index contributed by atoms with van der Waals surface area (Å²) in [5.74, 6) is 0.495. The smallest absolute Gasteiger partial charge is 0.0981 e. The first-order valence-electron chi connectivity index (χ1n) is 10.7. The summed E-state index contributed by atoms with van der Waals surface area (Å²) in [7, 11) is -0.932. The molecular weight excluding hydrogens is 394 g/mol. The van der Waals surface area contributed by atoms with Gasteiger partial charge in [-0.05, 0) is 68.6 Å². The van der Waals surface area contributed by atoms with Gasteiger partial charge in [-0.15, -0.1) is 0 Å². The van der Waals surface area contributed by atoms with Gasteiger partial charge in [0.1, 0.15) is 0 Å². The summed E-state index contributed by atoms with van der Waals surface area (Å²) in [6, 6.07) is 12.6. The Hall–Kier alpha value is -2.22. The van der Waals surface area contributed by atoms with Gasteiger partial charge in [0.2, 0.25) is 0 Å². The Bertz CT molecular complexity index is 1050. The van der Waals surface area contributed by atoms with Crippen molar-refractivity contribution in [2.24, 2.45) is 5.92 Å². The van der Waals surface area contributed by atoms with E-state index < -0.39 is 11.0 Å². The van der Waals surface area contributed by atoms with Crippen molar-refractivity contribution in [1.82, 2.24) is 24.2 Å². The Morgan fingerprint density at radius 2 is 1.87 bits per heavy atom.